The molecule has 0 rings (SSSR count). The van der Waals surface area contributed by atoms with Crippen molar-refractivity contribution in [3.63, 3.8) is 0 Å². The van der Waals surface area contributed by atoms with Gasteiger partial charge in [0.25, 0.3) is 0 Å². The van der Waals surface area contributed by atoms with Gasteiger partial charge in [-0.25, -0.2) is 0 Å². The minimum absolute atomic E-state index is 0. The third-order valence-electron chi connectivity index (χ3n) is 0. The molecule has 8 nitrogen and oxygen atoms in total. The molecule has 12 heavy (non-hydrogen) atoms. The predicted molar refractivity (Wildman–Crippen MR) is 26.7 cm³/mol. The first-order valence-electron chi connectivity index (χ1n) is 1.46. The molecule has 0 N–H and O–H groups in total. The van der Waals surface area contributed by atoms with E-state index >= 15 is 0 Å². The summed E-state index contributed by atoms with van der Waals surface area (Å²) in [5.41, 5.74) is 0. The maximum Gasteiger partial charge on any atom is 4.00 e. The van der Waals surface area contributed by atoms with E-state index in [1.165, 1.54) is 0 Å². The van der Waals surface area contributed by atoms with Crippen LogP contribution in [-0.2, 0) is 9.13 Å². The van der Waals surface area contributed by atoms with Crippen LogP contribution in [-0.4, -0.2) is 69.4 Å². The Kier molecular flexibility index (Phi) is 20.0. The van der Waals surface area contributed by atoms with Crippen LogP contribution >= 0.6 is 15.6 Å². The van der Waals surface area contributed by atoms with E-state index in [0.29, 0.717) is 0 Å². The number of phosphoric acid groups is 2. The Bertz CT molecular complexity index is 129. The summed E-state index contributed by atoms with van der Waals surface area (Å²) in [7, 11) is -10.8. The normalized spacial score (nSPS) is 9.83. The van der Waals surface area contributed by atoms with E-state index < -0.39 is 15.6 Å². The van der Waals surface area contributed by atoms with Gasteiger partial charge in [0.1, 0.15) is 0 Å². The molecule has 0 saturated heterocycles. The molecule has 0 saturated carbocycles. The molecule has 0 atom stereocenters. The molecule has 0 spiro atoms. The summed E-state index contributed by atoms with van der Waals surface area (Å²) in [6.07, 6.45) is 0. The van der Waals surface area contributed by atoms with Crippen LogP contribution in [0.3, 0.4) is 0 Å². The molecular weight excluding hydrogens is 396 g/mol. The molecule has 0 unspecified atom stereocenters. The van der Waals surface area contributed by atoms with Crippen molar-refractivity contribution in [2.45, 2.75) is 0 Å². The van der Waals surface area contributed by atoms with Crippen LogP contribution in [0.2, 0.25) is 0 Å². The molecule has 12 heteroatoms. The first-order valence-corrected chi connectivity index (χ1v) is 4.38. The molecule has 0 aromatic carbocycles. The summed E-state index contributed by atoms with van der Waals surface area (Å²) in [5.74, 6) is 0. The molecule has 0 radical (unpaired) electrons. The van der Waals surface area contributed by atoms with E-state index in [2.05, 4.69) is 0 Å². The second-order valence-corrected chi connectivity index (χ2v) is 2.68. The van der Waals surface area contributed by atoms with Crippen molar-refractivity contribution in [2.24, 2.45) is 0 Å². The first-order chi connectivity index (χ1) is 4.00. The smallest absolute Gasteiger partial charge is 0.822 e. The summed E-state index contributed by atoms with van der Waals surface area (Å²) in [6.45, 7) is 0. The molecule has 0 aliphatic heterocycles. The van der Waals surface area contributed by atoms with Crippen molar-refractivity contribution in [3.05, 3.63) is 0 Å². The van der Waals surface area contributed by atoms with Gasteiger partial charge in [-0.3, -0.25) is 0 Å². The van der Waals surface area contributed by atoms with E-state index in [-0.39, 0.29) is 69.4 Å². The fourth-order valence-electron chi connectivity index (χ4n) is 0. The van der Waals surface area contributed by atoms with Crippen molar-refractivity contribution in [2.75, 3.05) is 0 Å². The van der Waals surface area contributed by atoms with Crippen molar-refractivity contribution >= 4 is 85.0 Å². The second-order valence-electron chi connectivity index (χ2n) is 0.894. The van der Waals surface area contributed by atoms with Crippen LogP contribution in [0.5, 0.6) is 0 Å². The van der Waals surface area contributed by atoms with Gasteiger partial charge < -0.3 is 38.5 Å². The standard InChI is InChI=1S/2H3O4P.Sn.Sr/c2*1-5(2,3)4;;/h2*(H3,1,2,3,4);;/q;;+4;+2/p-6. The predicted octanol–water partition coefficient (Wildman–Crippen LogP) is -6.41. The number of hydrogen-bond donors (Lipinski definition) is 0. The van der Waals surface area contributed by atoms with E-state index in [1.807, 2.05) is 0 Å². The SMILES string of the molecule is O=P([O-])([O-])[O-].O=P([O-])([O-])[O-].[Sn+4].[Sr+2]. The largest absolute Gasteiger partial charge is 4.00 e. The summed E-state index contributed by atoms with van der Waals surface area (Å²) in [6, 6.07) is 0. The maximum absolute atomic E-state index is 8.55. The first kappa shape index (κ1) is 24.0. The summed E-state index contributed by atoms with van der Waals surface area (Å²) in [4.78, 5) is 51.3. The molecule has 0 aromatic heterocycles. The monoisotopic (exact) mass is 398 g/mol. The Labute approximate surface area is 122 Å². The van der Waals surface area contributed by atoms with Crippen LogP contribution in [0.25, 0.3) is 0 Å². The Morgan fingerprint density at radius 1 is 0.667 bits per heavy atom. The average Bonchev–Trinajstić information content (AvgIpc) is 1.12. The van der Waals surface area contributed by atoms with Crippen molar-refractivity contribution in [1.82, 2.24) is 0 Å². The zero-order valence-electron chi connectivity index (χ0n) is 5.37. The van der Waals surface area contributed by atoms with E-state index in [4.69, 9.17) is 38.5 Å². The van der Waals surface area contributed by atoms with Crippen LogP contribution < -0.4 is 29.4 Å². The molecule has 0 aromatic rings. The third-order valence-corrected chi connectivity index (χ3v) is 0. The molecule has 0 bridgehead atoms. The van der Waals surface area contributed by atoms with Crippen LogP contribution in [0.4, 0.5) is 0 Å². The van der Waals surface area contributed by atoms with Gasteiger partial charge in [-0.2, -0.15) is 15.6 Å². The van der Waals surface area contributed by atoms with Gasteiger partial charge in [0.2, 0.25) is 0 Å². The number of hydrogen-bond acceptors (Lipinski definition) is 8. The minimum atomic E-state index is -5.39. The van der Waals surface area contributed by atoms with Crippen LogP contribution in [0.1, 0.15) is 0 Å². The van der Waals surface area contributed by atoms with Crippen molar-refractivity contribution in [1.29, 1.82) is 0 Å². The molecule has 0 aliphatic carbocycles. The Balaban J connectivity index is -0.0000000457. The van der Waals surface area contributed by atoms with E-state index in [9.17, 15) is 0 Å². The van der Waals surface area contributed by atoms with Gasteiger partial charge in [0.15, 0.2) is 0 Å². The molecular formula is O8P2SnSr. The molecule has 0 amide bonds. The van der Waals surface area contributed by atoms with Gasteiger partial charge in [-0.05, 0) is 0 Å². The quantitative estimate of drug-likeness (QED) is 0.287. The van der Waals surface area contributed by atoms with Crippen molar-refractivity contribution in [3.8, 4) is 0 Å². The second kappa shape index (κ2) is 10.0. The Morgan fingerprint density at radius 2 is 0.667 bits per heavy atom. The van der Waals surface area contributed by atoms with E-state index in [1.54, 1.807) is 0 Å². The van der Waals surface area contributed by atoms with Crippen LogP contribution in [0, 0.1) is 0 Å². The van der Waals surface area contributed by atoms with Gasteiger partial charge in [-0.15, -0.1) is 0 Å². The topological polar surface area (TPSA) is 172 Å². The average molecular weight is 396 g/mol. The molecule has 0 aliphatic rings. The van der Waals surface area contributed by atoms with Crippen molar-refractivity contribution < 1.29 is 38.5 Å². The van der Waals surface area contributed by atoms with Crippen LogP contribution in [0.15, 0.2) is 0 Å². The maximum atomic E-state index is 8.55. The number of rotatable bonds is 0. The Hall–Kier alpha value is 2.50. The van der Waals surface area contributed by atoms with Gasteiger partial charge in [0, 0.05) is 0 Å². The molecule has 0 fully saturated rings. The third kappa shape index (κ3) is 265. The molecule has 0 heterocycles. The fourth-order valence-corrected chi connectivity index (χ4v) is 0. The summed E-state index contributed by atoms with van der Waals surface area (Å²) >= 11 is 0. The Morgan fingerprint density at radius 3 is 0.667 bits per heavy atom. The molecule has 64 valence electrons. The zero-order chi connectivity index (χ0) is 9.00. The van der Waals surface area contributed by atoms with E-state index in [0.717, 1.165) is 0 Å². The minimum Gasteiger partial charge on any atom is -0.822 e. The van der Waals surface area contributed by atoms with Gasteiger partial charge in [-0.1, -0.05) is 0 Å². The summed E-state index contributed by atoms with van der Waals surface area (Å²) in [5, 5.41) is 0. The summed E-state index contributed by atoms with van der Waals surface area (Å²) < 4.78 is 17.1. The fraction of sp³-hybridized carbons (Fsp3) is 0. The van der Waals surface area contributed by atoms with Gasteiger partial charge >= 0.3 is 69.4 Å². The van der Waals surface area contributed by atoms with Gasteiger partial charge in [0.05, 0.1) is 0 Å². The zero-order valence-corrected chi connectivity index (χ0v) is 13.5.